The molecule has 4 heteroatoms. The highest BCUT2D eigenvalue weighted by Crippen LogP contribution is 2.63. The number of phenolic OH excluding ortho intramolecular Hbond substituents is 1. The molecule has 2 bridgehead atoms. The molecule has 2 aliphatic carbocycles. The summed E-state index contributed by atoms with van der Waals surface area (Å²) < 4.78 is 10.8. The van der Waals surface area contributed by atoms with Crippen molar-refractivity contribution in [2.75, 3.05) is 7.11 Å². The Hall–Kier alpha value is -1.71. The van der Waals surface area contributed by atoms with Crippen molar-refractivity contribution in [2.24, 2.45) is 16.7 Å². The number of carbonyl (C=O) groups excluding carboxylic acids is 1. The van der Waals surface area contributed by atoms with Gasteiger partial charge < -0.3 is 14.6 Å². The van der Waals surface area contributed by atoms with E-state index in [-0.39, 0.29) is 29.0 Å². The number of methoxy groups -OCH3 is 1. The van der Waals surface area contributed by atoms with E-state index in [0.717, 1.165) is 19.3 Å². The Balaban J connectivity index is 1.74. The highest BCUT2D eigenvalue weighted by molar-refractivity contribution is 5.90. The normalized spacial score (nSPS) is 32.0. The predicted octanol–water partition coefficient (Wildman–Crippen LogP) is 3.77. The van der Waals surface area contributed by atoms with Crippen LogP contribution >= 0.6 is 0 Å². The van der Waals surface area contributed by atoms with Crippen LogP contribution in [0.15, 0.2) is 18.2 Å². The van der Waals surface area contributed by atoms with Crippen LogP contribution in [0.4, 0.5) is 0 Å². The minimum Gasteiger partial charge on any atom is -0.504 e. The average molecular weight is 304 g/mol. The van der Waals surface area contributed by atoms with Crippen molar-refractivity contribution in [3.05, 3.63) is 23.8 Å². The quantitative estimate of drug-likeness (QED) is 0.864. The van der Waals surface area contributed by atoms with Gasteiger partial charge in [-0.2, -0.15) is 0 Å². The van der Waals surface area contributed by atoms with E-state index in [2.05, 4.69) is 20.8 Å². The van der Waals surface area contributed by atoms with Crippen LogP contribution in [-0.2, 0) is 4.74 Å². The third-order valence-corrected chi connectivity index (χ3v) is 5.62. The zero-order chi connectivity index (χ0) is 16.1. The summed E-state index contributed by atoms with van der Waals surface area (Å²) in [6.07, 6.45) is 3.17. The number of hydrogen-bond donors (Lipinski definition) is 1. The molecule has 0 aromatic heterocycles. The molecule has 3 rings (SSSR count). The van der Waals surface area contributed by atoms with Gasteiger partial charge >= 0.3 is 5.97 Å². The van der Waals surface area contributed by atoms with Crippen LogP contribution in [0.3, 0.4) is 0 Å². The van der Waals surface area contributed by atoms with Gasteiger partial charge in [0, 0.05) is 5.41 Å². The van der Waals surface area contributed by atoms with Gasteiger partial charge in [0.05, 0.1) is 12.7 Å². The molecule has 0 saturated heterocycles. The summed E-state index contributed by atoms with van der Waals surface area (Å²) in [6.45, 7) is 6.86. The maximum absolute atomic E-state index is 12.4. The Labute approximate surface area is 131 Å². The molecule has 2 fully saturated rings. The monoisotopic (exact) mass is 304 g/mol. The Morgan fingerprint density at radius 2 is 2.05 bits per heavy atom. The second kappa shape index (κ2) is 4.90. The summed E-state index contributed by atoms with van der Waals surface area (Å²) in [6, 6.07) is 4.55. The summed E-state index contributed by atoms with van der Waals surface area (Å²) in [5.74, 6) is 0.599. The highest BCUT2D eigenvalue weighted by atomic mass is 16.5. The number of fused-ring (bicyclic) bond motifs is 2. The fourth-order valence-corrected chi connectivity index (χ4v) is 4.48. The molecule has 0 spiro atoms. The molecule has 0 unspecified atom stereocenters. The first-order valence-electron chi connectivity index (χ1n) is 7.83. The van der Waals surface area contributed by atoms with E-state index in [0.29, 0.717) is 16.9 Å². The van der Waals surface area contributed by atoms with Gasteiger partial charge in [0.25, 0.3) is 0 Å². The van der Waals surface area contributed by atoms with Gasteiger partial charge in [-0.05, 0) is 48.8 Å². The molecule has 0 amide bonds. The second-order valence-corrected chi connectivity index (χ2v) is 7.74. The van der Waals surface area contributed by atoms with Crippen molar-refractivity contribution in [1.82, 2.24) is 0 Å². The fraction of sp³-hybridized carbons (Fsp3) is 0.611. The number of ether oxygens (including phenoxy) is 2. The van der Waals surface area contributed by atoms with E-state index in [1.807, 2.05) is 0 Å². The first kappa shape index (κ1) is 15.2. The largest absolute Gasteiger partial charge is 0.504 e. The van der Waals surface area contributed by atoms with E-state index >= 15 is 0 Å². The fourth-order valence-electron chi connectivity index (χ4n) is 4.48. The zero-order valence-electron chi connectivity index (χ0n) is 13.7. The third-order valence-electron chi connectivity index (χ3n) is 5.62. The van der Waals surface area contributed by atoms with Crippen LogP contribution in [0.5, 0.6) is 11.5 Å². The van der Waals surface area contributed by atoms with Gasteiger partial charge in [-0.3, -0.25) is 0 Å². The van der Waals surface area contributed by atoms with E-state index in [4.69, 9.17) is 9.47 Å². The van der Waals surface area contributed by atoms with E-state index < -0.39 is 0 Å². The number of benzene rings is 1. The second-order valence-electron chi connectivity index (χ2n) is 7.74. The lowest BCUT2D eigenvalue weighted by Gasteiger charge is -2.38. The molecular weight excluding hydrogens is 280 g/mol. The van der Waals surface area contributed by atoms with Crippen molar-refractivity contribution >= 4 is 5.97 Å². The SMILES string of the molecule is COc1cc(C(=O)O[C@@H]2C[C@H]3C[C@]2(C)CC3(C)C)ccc1O. The standard InChI is InChI=1S/C18H24O4/c1-17(2)10-18(3)9-12(17)8-15(18)22-16(20)11-5-6-13(19)14(7-11)21-4/h5-7,12,15,19H,8-10H2,1-4H3/t12-,15+,18+/m0/s1. The summed E-state index contributed by atoms with van der Waals surface area (Å²) in [4.78, 5) is 12.4. The van der Waals surface area contributed by atoms with Gasteiger partial charge in [0.1, 0.15) is 6.10 Å². The smallest absolute Gasteiger partial charge is 0.338 e. The molecule has 2 saturated carbocycles. The number of hydrogen-bond acceptors (Lipinski definition) is 4. The minimum absolute atomic E-state index is 0.0159. The summed E-state index contributed by atoms with van der Waals surface area (Å²) >= 11 is 0. The van der Waals surface area contributed by atoms with Crippen LogP contribution in [0.2, 0.25) is 0 Å². The average Bonchev–Trinajstić information content (AvgIpc) is 2.87. The molecule has 1 aromatic rings. The molecule has 2 aliphatic rings. The minimum atomic E-state index is -0.338. The lowest BCUT2D eigenvalue weighted by molar-refractivity contribution is -0.0221. The van der Waals surface area contributed by atoms with E-state index in [1.165, 1.54) is 19.2 Å². The Kier molecular flexibility index (Phi) is 3.38. The number of rotatable bonds is 3. The van der Waals surface area contributed by atoms with Gasteiger partial charge in [-0.15, -0.1) is 0 Å². The summed E-state index contributed by atoms with van der Waals surface area (Å²) in [5, 5.41) is 9.61. The molecular formula is C18H24O4. The van der Waals surface area contributed by atoms with Crippen molar-refractivity contribution in [3.63, 3.8) is 0 Å². The lowest BCUT2D eigenvalue weighted by Crippen LogP contribution is -2.37. The van der Waals surface area contributed by atoms with Crippen LogP contribution in [0.1, 0.15) is 50.4 Å². The number of phenols is 1. The van der Waals surface area contributed by atoms with Crippen molar-refractivity contribution in [2.45, 2.75) is 46.1 Å². The first-order chi connectivity index (χ1) is 10.2. The van der Waals surface area contributed by atoms with Crippen molar-refractivity contribution in [1.29, 1.82) is 0 Å². The number of aromatic hydroxyl groups is 1. The molecule has 4 nitrogen and oxygen atoms in total. The number of esters is 1. The Morgan fingerprint density at radius 1 is 1.32 bits per heavy atom. The Bertz CT molecular complexity index is 607. The molecule has 1 N–H and O–H groups in total. The van der Waals surface area contributed by atoms with Crippen LogP contribution < -0.4 is 4.74 Å². The Morgan fingerprint density at radius 3 is 2.59 bits per heavy atom. The van der Waals surface area contributed by atoms with Gasteiger partial charge in [-0.25, -0.2) is 4.79 Å². The predicted molar refractivity (Wildman–Crippen MR) is 83.1 cm³/mol. The van der Waals surface area contributed by atoms with Crippen molar-refractivity contribution < 1.29 is 19.4 Å². The molecule has 3 atom stereocenters. The maximum atomic E-state index is 12.4. The third kappa shape index (κ3) is 2.34. The van der Waals surface area contributed by atoms with Gasteiger partial charge in [0.2, 0.25) is 0 Å². The van der Waals surface area contributed by atoms with Crippen LogP contribution in [-0.4, -0.2) is 24.3 Å². The molecule has 1 aromatic carbocycles. The van der Waals surface area contributed by atoms with E-state index in [1.54, 1.807) is 6.07 Å². The van der Waals surface area contributed by atoms with Gasteiger partial charge in [0.15, 0.2) is 11.5 Å². The maximum Gasteiger partial charge on any atom is 0.338 e. The molecule has 0 aliphatic heterocycles. The van der Waals surface area contributed by atoms with Crippen LogP contribution in [0, 0.1) is 16.7 Å². The van der Waals surface area contributed by atoms with Crippen LogP contribution in [0.25, 0.3) is 0 Å². The lowest BCUT2D eigenvalue weighted by atomic mass is 9.71. The molecule has 0 radical (unpaired) electrons. The molecule has 0 heterocycles. The first-order valence-corrected chi connectivity index (χ1v) is 7.83. The van der Waals surface area contributed by atoms with Gasteiger partial charge in [-0.1, -0.05) is 20.8 Å². The molecule has 120 valence electrons. The van der Waals surface area contributed by atoms with Crippen molar-refractivity contribution in [3.8, 4) is 11.5 Å². The topological polar surface area (TPSA) is 55.8 Å². The highest BCUT2D eigenvalue weighted by Gasteiger charge is 2.58. The molecule has 22 heavy (non-hydrogen) atoms. The number of carbonyl (C=O) groups is 1. The summed E-state index contributed by atoms with van der Waals surface area (Å²) in [5.41, 5.74) is 0.852. The van der Waals surface area contributed by atoms with E-state index in [9.17, 15) is 9.90 Å². The summed E-state index contributed by atoms with van der Waals surface area (Å²) in [7, 11) is 1.46. The zero-order valence-corrected chi connectivity index (χ0v) is 13.7.